The predicted octanol–water partition coefficient (Wildman–Crippen LogP) is 2.95. The second kappa shape index (κ2) is 5.83. The van der Waals surface area contributed by atoms with Crippen molar-refractivity contribution in [2.24, 2.45) is 0 Å². The predicted molar refractivity (Wildman–Crippen MR) is 96.6 cm³/mol. The van der Waals surface area contributed by atoms with E-state index in [-0.39, 0.29) is 5.78 Å². The van der Waals surface area contributed by atoms with Gasteiger partial charge < -0.3 is 5.32 Å². The molecule has 0 atom stereocenters. The van der Waals surface area contributed by atoms with E-state index >= 15 is 0 Å². The summed E-state index contributed by atoms with van der Waals surface area (Å²) in [6.45, 7) is 0. The van der Waals surface area contributed by atoms with Crippen molar-refractivity contribution in [2.45, 2.75) is 0 Å². The van der Waals surface area contributed by atoms with Crippen LogP contribution in [0.25, 0.3) is 22.5 Å². The maximum absolute atomic E-state index is 13.1. The van der Waals surface area contributed by atoms with E-state index in [1.54, 1.807) is 37.6 Å². The number of benzene rings is 1. The smallest absolute Gasteiger partial charge is 0.306 e. The van der Waals surface area contributed by atoms with E-state index < -0.39 is 6.03 Å². The molecule has 2 heterocycles. The van der Waals surface area contributed by atoms with Crippen LogP contribution in [0.1, 0.15) is 15.9 Å². The number of hydrogen-bond donors (Lipinski definition) is 3. The summed E-state index contributed by atoms with van der Waals surface area (Å²) in [5.74, 6) is -0.138. The van der Waals surface area contributed by atoms with Gasteiger partial charge in [0.25, 0.3) is 0 Å². The number of carbonyl (C=O) groups is 2. The molecule has 0 saturated carbocycles. The van der Waals surface area contributed by atoms with E-state index in [1.165, 1.54) is 5.01 Å². The number of anilines is 1. The van der Waals surface area contributed by atoms with Gasteiger partial charge in [0.05, 0.1) is 22.5 Å². The van der Waals surface area contributed by atoms with Gasteiger partial charge in [-0.25, -0.2) is 9.80 Å². The molecule has 0 saturated heterocycles. The number of urea groups is 1. The maximum atomic E-state index is 13.1. The number of hydrazine groups is 1. The molecule has 0 spiro atoms. The van der Waals surface area contributed by atoms with Crippen LogP contribution >= 0.6 is 11.3 Å². The fraction of sp³-hybridized carbons (Fsp3) is 0.118. The highest BCUT2D eigenvalue weighted by Gasteiger charge is 2.35. The number of fused-ring (bicyclic) bond motifs is 3. The van der Waals surface area contributed by atoms with Crippen molar-refractivity contribution in [1.82, 2.24) is 20.6 Å². The highest BCUT2D eigenvalue weighted by atomic mass is 32.1. The number of aromatic amines is 1. The Morgan fingerprint density at radius 3 is 2.80 bits per heavy atom. The zero-order valence-corrected chi connectivity index (χ0v) is 14.4. The second-order valence-electron chi connectivity index (χ2n) is 5.85. The number of nitrogens with zero attached hydrogens (tertiary/aromatic N) is 2. The molecule has 0 radical (unpaired) electrons. The Bertz CT molecular complexity index is 975. The van der Waals surface area contributed by atoms with E-state index in [2.05, 4.69) is 20.9 Å². The van der Waals surface area contributed by atoms with Gasteiger partial charge in [0.15, 0.2) is 5.78 Å². The molecule has 25 heavy (non-hydrogen) atoms. The summed E-state index contributed by atoms with van der Waals surface area (Å²) in [5, 5.41) is 15.5. The van der Waals surface area contributed by atoms with Crippen LogP contribution in [0.4, 0.5) is 10.5 Å². The van der Waals surface area contributed by atoms with Gasteiger partial charge in [-0.2, -0.15) is 16.4 Å². The molecule has 126 valence electrons. The van der Waals surface area contributed by atoms with E-state index in [1.807, 2.05) is 22.9 Å². The normalized spacial score (nSPS) is 12.2. The van der Waals surface area contributed by atoms with E-state index in [9.17, 15) is 9.59 Å². The van der Waals surface area contributed by atoms with Crippen molar-refractivity contribution in [1.29, 1.82) is 0 Å². The summed E-state index contributed by atoms with van der Waals surface area (Å²) in [4.78, 5) is 25.1. The largest absolute Gasteiger partial charge is 0.333 e. The summed E-state index contributed by atoms with van der Waals surface area (Å²) in [6, 6.07) is 6.90. The molecular formula is C17H15N5O2S. The minimum atomic E-state index is -0.405. The quantitative estimate of drug-likeness (QED) is 0.494. The number of hydrogen-bond acceptors (Lipinski definition) is 5. The standard InChI is InChI=1S/C17H15N5O2S/c1-22(2)21-17(24)18-11-5-3-4-10-12(11)16(23)13-14(19-20-15(10)13)9-6-7-25-8-9/h3-8H,1-2H3,(H,19,20)(H2,18,21,24). The van der Waals surface area contributed by atoms with Gasteiger partial charge in [0.1, 0.15) is 5.69 Å². The number of rotatable bonds is 3. The first-order chi connectivity index (χ1) is 12.1. The lowest BCUT2D eigenvalue weighted by Crippen LogP contribution is -2.39. The van der Waals surface area contributed by atoms with Gasteiger partial charge in [-0.15, -0.1) is 0 Å². The summed E-state index contributed by atoms with van der Waals surface area (Å²) >= 11 is 1.55. The zero-order chi connectivity index (χ0) is 17.6. The van der Waals surface area contributed by atoms with E-state index in [4.69, 9.17) is 0 Å². The molecule has 2 amide bonds. The highest BCUT2D eigenvalue weighted by Crippen LogP contribution is 2.43. The third kappa shape index (κ3) is 2.51. The molecule has 1 aromatic carbocycles. The van der Waals surface area contributed by atoms with Crippen LogP contribution < -0.4 is 10.7 Å². The summed E-state index contributed by atoms with van der Waals surface area (Å²) in [6.07, 6.45) is 0. The molecule has 0 unspecified atom stereocenters. The Morgan fingerprint density at radius 1 is 1.24 bits per heavy atom. The summed E-state index contributed by atoms with van der Waals surface area (Å²) in [5.41, 5.74) is 7.09. The molecule has 7 nitrogen and oxygen atoms in total. The van der Waals surface area contributed by atoms with Crippen LogP contribution in [-0.4, -0.2) is 41.1 Å². The topological polar surface area (TPSA) is 90.1 Å². The lowest BCUT2D eigenvalue weighted by molar-refractivity contribution is 0.104. The van der Waals surface area contributed by atoms with Crippen LogP contribution in [-0.2, 0) is 0 Å². The van der Waals surface area contributed by atoms with Crippen molar-refractivity contribution in [3.8, 4) is 22.5 Å². The number of thiophene rings is 1. The molecule has 0 fully saturated rings. The Balaban J connectivity index is 1.76. The van der Waals surface area contributed by atoms with Crippen LogP contribution in [0.15, 0.2) is 35.0 Å². The Labute approximate surface area is 147 Å². The SMILES string of the molecule is CN(C)NC(=O)Nc1cccc2c1C(=O)c1c(-c3ccsc3)n[nH]c1-2. The van der Waals surface area contributed by atoms with E-state index in [0.717, 1.165) is 11.1 Å². The zero-order valence-electron chi connectivity index (χ0n) is 13.6. The van der Waals surface area contributed by atoms with Gasteiger partial charge in [-0.3, -0.25) is 15.3 Å². The van der Waals surface area contributed by atoms with Gasteiger partial charge in [-0.05, 0) is 17.5 Å². The van der Waals surface area contributed by atoms with Gasteiger partial charge in [-0.1, -0.05) is 12.1 Å². The molecule has 4 rings (SSSR count). The van der Waals surface area contributed by atoms with Crippen LogP contribution in [0.2, 0.25) is 0 Å². The average molecular weight is 353 g/mol. The van der Waals surface area contributed by atoms with Crippen molar-refractivity contribution in [3.63, 3.8) is 0 Å². The number of amides is 2. The van der Waals surface area contributed by atoms with Crippen LogP contribution in [0.3, 0.4) is 0 Å². The minimum absolute atomic E-state index is 0.138. The molecule has 1 aliphatic carbocycles. The fourth-order valence-electron chi connectivity index (χ4n) is 2.95. The van der Waals surface area contributed by atoms with Crippen molar-refractivity contribution in [2.75, 3.05) is 19.4 Å². The molecule has 0 bridgehead atoms. The second-order valence-corrected chi connectivity index (χ2v) is 6.63. The summed E-state index contributed by atoms with van der Waals surface area (Å²) in [7, 11) is 3.42. The Hall–Kier alpha value is -2.97. The molecule has 0 aliphatic heterocycles. The number of ketones is 1. The third-order valence-corrected chi connectivity index (χ3v) is 4.61. The van der Waals surface area contributed by atoms with Gasteiger partial charge in [0.2, 0.25) is 0 Å². The maximum Gasteiger partial charge on any atom is 0.333 e. The van der Waals surface area contributed by atoms with E-state index in [0.29, 0.717) is 28.2 Å². The summed E-state index contributed by atoms with van der Waals surface area (Å²) < 4.78 is 0. The third-order valence-electron chi connectivity index (χ3n) is 3.92. The minimum Gasteiger partial charge on any atom is -0.306 e. The molecule has 2 aromatic heterocycles. The number of H-pyrrole nitrogens is 1. The lowest BCUT2D eigenvalue weighted by Gasteiger charge is -2.14. The van der Waals surface area contributed by atoms with Gasteiger partial charge >= 0.3 is 6.03 Å². The first-order valence-electron chi connectivity index (χ1n) is 7.60. The molecular weight excluding hydrogens is 338 g/mol. The molecule has 3 aromatic rings. The van der Waals surface area contributed by atoms with Crippen LogP contribution in [0.5, 0.6) is 0 Å². The monoisotopic (exact) mass is 353 g/mol. The first kappa shape index (κ1) is 15.6. The first-order valence-corrected chi connectivity index (χ1v) is 8.54. The van der Waals surface area contributed by atoms with Crippen molar-refractivity contribution in [3.05, 3.63) is 46.2 Å². The highest BCUT2D eigenvalue weighted by molar-refractivity contribution is 7.08. The fourth-order valence-corrected chi connectivity index (χ4v) is 3.59. The Morgan fingerprint density at radius 2 is 2.08 bits per heavy atom. The van der Waals surface area contributed by atoms with Crippen molar-refractivity contribution >= 4 is 28.8 Å². The van der Waals surface area contributed by atoms with Crippen LogP contribution in [0, 0.1) is 0 Å². The number of carbonyl (C=O) groups excluding carboxylic acids is 2. The molecule has 1 aliphatic rings. The molecule has 3 N–H and O–H groups in total. The average Bonchev–Trinajstić information content (AvgIpc) is 3.26. The lowest BCUT2D eigenvalue weighted by atomic mass is 10.1. The van der Waals surface area contributed by atoms with Crippen molar-refractivity contribution < 1.29 is 9.59 Å². The number of nitrogens with one attached hydrogen (secondary N) is 3. The molecule has 8 heteroatoms. The number of aromatic nitrogens is 2. The van der Waals surface area contributed by atoms with Gasteiger partial charge in [0, 0.05) is 30.6 Å². The Kier molecular flexibility index (Phi) is 3.63.